The number of rotatable bonds is 6. The van der Waals surface area contributed by atoms with Gasteiger partial charge in [0, 0.05) is 11.6 Å². The SMILES string of the molecule is CCOc1ccc(-c2ccc(=O)n(C(CC)C(=O)OC)n2)cc1. The first-order valence-corrected chi connectivity index (χ1v) is 7.51. The second-order valence-corrected chi connectivity index (χ2v) is 4.91. The maximum atomic E-state index is 12.0. The molecule has 0 radical (unpaired) electrons. The molecule has 1 heterocycles. The molecule has 0 saturated carbocycles. The standard InChI is InChI=1S/C17H20N2O4/c1-4-15(17(21)22-3)19-16(20)11-10-14(18-19)12-6-8-13(9-7-12)23-5-2/h6-11,15H,4-5H2,1-3H3. The Balaban J connectivity index is 2.39. The number of hydrogen-bond donors (Lipinski definition) is 0. The molecule has 122 valence electrons. The summed E-state index contributed by atoms with van der Waals surface area (Å²) in [4.78, 5) is 23.9. The molecule has 0 fully saturated rings. The topological polar surface area (TPSA) is 70.4 Å². The summed E-state index contributed by atoms with van der Waals surface area (Å²) in [5.41, 5.74) is 1.11. The Morgan fingerprint density at radius 3 is 2.43 bits per heavy atom. The summed E-state index contributed by atoms with van der Waals surface area (Å²) in [6, 6.07) is 9.72. The Kier molecular flexibility index (Phi) is 5.51. The zero-order valence-electron chi connectivity index (χ0n) is 13.5. The van der Waals surface area contributed by atoms with Gasteiger partial charge in [-0.15, -0.1) is 0 Å². The average Bonchev–Trinajstić information content (AvgIpc) is 2.58. The van der Waals surface area contributed by atoms with Gasteiger partial charge in [0.15, 0.2) is 6.04 Å². The summed E-state index contributed by atoms with van der Waals surface area (Å²) in [6.07, 6.45) is 0.423. The molecule has 0 aliphatic heterocycles. The maximum Gasteiger partial charge on any atom is 0.330 e. The lowest BCUT2D eigenvalue weighted by molar-refractivity contribution is -0.145. The number of ether oxygens (including phenoxy) is 2. The summed E-state index contributed by atoms with van der Waals surface area (Å²) in [6.45, 7) is 4.32. The van der Waals surface area contributed by atoms with Crippen molar-refractivity contribution in [2.45, 2.75) is 26.3 Å². The van der Waals surface area contributed by atoms with E-state index in [2.05, 4.69) is 5.10 Å². The Morgan fingerprint density at radius 2 is 1.87 bits per heavy atom. The molecule has 1 aromatic heterocycles. The van der Waals surface area contributed by atoms with Gasteiger partial charge < -0.3 is 9.47 Å². The highest BCUT2D eigenvalue weighted by atomic mass is 16.5. The first kappa shape index (κ1) is 16.7. The molecule has 0 amide bonds. The number of aromatic nitrogens is 2. The van der Waals surface area contributed by atoms with Crippen LogP contribution in [0.3, 0.4) is 0 Å². The van der Waals surface area contributed by atoms with E-state index in [0.717, 1.165) is 11.3 Å². The summed E-state index contributed by atoms with van der Waals surface area (Å²) >= 11 is 0. The van der Waals surface area contributed by atoms with Crippen molar-refractivity contribution < 1.29 is 14.3 Å². The zero-order valence-corrected chi connectivity index (χ0v) is 13.5. The van der Waals surface area contributed by atoms with Gasteiger partial charge in [0.1, 0.15) is 5.75 Å². The molecular formula is C17H20N2O4. The lowest BCUT2D eigenvalue weighted by Crippen LogP contribution is -2.32. The van der Waals surface area contributed by atoms with E-state index in [0.29, 0.717) is 18.7 Å². The quantitative estimate of drug-likeness (QED) is 0.766. The van der Waals surface area contributed by atoms with Crippen LogP contribution in [-0.4, -0.2) is 29.5 Å². The van der Waals surface area contributed by atoms with Crippen LogP contribution in [-0.2, 0) is 9.53 Å². The van der Waals surface area contributed by atoms with Gasteiger partial charge in [0.25, 0.3) is 5.56 Å². The molecule has 1 unspecified atom stereocenters. The summed E-state index contributed by atoms with van der Waals surface area (Å²) < 4.78 is 11.3. The third-order valence-electron chi connectivity index (χ3n) is 3.44. The lowest BCUT2D eigenvalue weighted by atomic mass is 10.1. The molecular weight excluding hydrogens is 296 g/mol. The van der Waals surface area contributed by atoms with Crippen molar-refractivity contribution in [1.29, 1.82) is 0 Å². The highest BCUT2D eigenvalue weighted by molar-refractivity contribution is 5.74. The second-order valence-electron chi connectivity index (χ2n) is 4.91. The van der Waals surface area contributed by atoms with Crippen LogP contribution in [0.25, 0.3) is 11.3 Å². The minimum atomic E-state index is -0.727. The van der Waals surface area contributed by atoms with Crippen molar-refractivity contribution in [3.63, 3.8) is 0 Å². The van der Waals surface area contributed by atoms with Gasteiger partial charge >= 0.3 is 5.97 Å². The molecule has 2 aromatic rings. The Bertz CT molecular complexity index is 722. The van der Waals surface area contributed by atoms with Crippen LogP contribution in [0.5, 0.6) is 5.75 Å². The molecule has 0 N–H and O–H groups in total. The first-order valence-electron chi connectivity index (χ1n) is 7.51. The first-order chi connectivity index (χ1) is 11.1. The molecule has 0 bridgehead atoms. The van der Waals surface area contributed by atoms with Crippen molar-refractivity contribution in [3.05, 3.63) is 46.8 Å². The van der Waals surface area contributed by atoms with Crippen LogP contribution in [0.2, 0.25) is 0 Å². The molecule has 0 aliphatic carbocycles. The summed E-state index contributed by atoms with van der Waals surface area (Å²) in [5, 5.41) is 4.32. The Labute approximate surface area is 134 Å². The minimum Gasteiger partial charge on any atom is -0.494 e. The normalized spacial score (nSPS) is 11.8. The number of methoxy groups -OCH3 is 1. The van der Waals surface area contributed by atoms with Crippen LogP contribution in [0.15, 0.2) is 41.2 Å². The number of benzene rings is 1. The largest absolute Gasteiger partial charge is 0.494 e. The monoisotopic (exact) mass is 316 g/mol. The van der Waals surface area contributed by atoms with Gasteiger partial charge in [0.2, 0.25) is 0 Å². The molecule has 1 aromatic carbocycles. The third kappa shape index (κ3) is 3.77. The fourth-order valence-corrected chi connectivity index (χ4v) is 2.27. The van der Waals surface area contributed by atoms with Crippen LogP contribution < -0.4 is 10.3 Å². The molecule has 0 saturated heterocycles. The number of carbonyl (C=O) groups is 1. The van der Waals surface area contributed by atoms with E-state index in [1.165, 1.54) is 17.9 Å². The highest BCUT2D eigenvalue weighted by Gasteiger charge is 2.21. The average molecular weight is 316 g/mol. The predicted molar refractivity (Wildman–Crippen MR) is 86.4 cm³/mol. The maximum absolute atomic E-state index is 12.0. The summed E-state index contributed by atoms with van der Waals surface area (Å²) in [5.74, 6) is 0.288. The van der Waals surface area contributed by atoms with E-state index in [1.54, 1.807) is 13.0 Å². The predicted octanol–water partition coefficient (Wildman–Crippen LogP) is 2.43. The van der Waals surface area contributed by atoms with Crippen LogP contribution in [0.4, 0.5) is 0 Å². The van der Waals surface area contributed by atoms with E-state index in [4.69, 9.17) is 9.47 Å². The van der Waals surface area contributed by atoms with E-state index in [9.17, 15) is 9.59 Å². The molecule has 0 aliphatic rings. The number of hydrogen-bond acceptors (Lipinski definition) is 5. The van der Waals surface area contributed by atoms with Gasteiger partial charge in [0.05, 0.1) is 19.4 Å². The van der Waals surface area contributed by atoms with Crippen molar-refractivity contribution >= 4 is 5.97 Å². The molecule has 23 heavy (non-hydrogen) atoms. The van der Waals surface area contributed by atoms with E-state index < -0.39 is 12.0 Å². The van der Waals surface area contributed by atoms with Crippen molar-refractivity contribution in [2.24, 2.45) is 0 Å². The molecule has 2 rings (SSSR count). The van der Waals surface area contributed by atoms with Gasteiger partial charge in [-0.05, 0) is 43.7 Å². The van der Waals surface area contributed by atoms with Crippen molar-refractivity contribution in [1.82, 2.24) is 9.78 Å². The fraction of sp³-hybridized carbons (Fsp3) is 0.353. The van der Waals surface area contributed by atoms with Gasteiger partial charge in [-0.1, -0.05) is 6.92 Å². The highest BCUT2D eigenvalue weighted by Crippen LogP contribution is 2.21. The minimum absolute atomic E-state index is 0.336. The molecule has 1 atom stereocenters. The molecule has 6 nitrogen and oxygen atoms in total. The van der Waals surface area contributed by atoms with Crippen LogP contribution in [0.1, 0.15) is 26.3 Å². The van der Waals surface area contributed by atoms with Gasteiger partial charge in [-0.2, -0.15) is 5.10 Å². The van der Waals surface area contributed by atoms with Crippen molar-refractivity contribution in [2.75, 3.05) is 13.7 Å². The van der Waals surface area contributed by atoms with Gasteiger partial charge in [-0.25, -0.2) is 9.48 Å². The lowest BCUT2D eigenvalue weighted by Gasteiger charge is -2.15. The Hall–Kier alpha value is -2.63. The molecule has 0 spiro atoms. The molecule has 6 heteroatoms. The van der Waals surface area contributed by atoms with Crippen LogP contribution >= 0.6 is 0 Å². The van der Waals surface area contributed by atoms with Crippen LogP contribution in [0, 0.1) is 0 Å². The van der Waals surface area contributed by atoms with E-state index in [1.807, 2.05) is 31.2 Å². The van der Waals surface area contributed by atoms with Gasteiger partial charge in [-0.3, -0.25) is 4.79 Å². The number of carbonyl (C=O) groups excluding carboxylic acids is 1. The van der Waals surface area contributed by atoms with E-state index in [-0.39, 0.29) is 5.56 Å². The fourth-order valence-electron chi connectivity index (χ4n) is 2.27. The second kappa shape index (κ2) is 7.58. The number of nitrogens with zero attached hydrogens (tertiary/aromatic N) is 2. The number of esters is 1. The zero-order chi connectivity index (χ0) is 16.8. The third-order valence-corrected chi connectivity index (χ3v) is 3.44. The summed E-state index contributed by atoms with van der Waals surface area (Å²) in [7, 11) is 1.30. The van der Waals surface area contributed by atoms with Crippen molar-refractivity contribution in [3.8, 4) is 17.0 Å². The Morgan fingerprint density at radius 1 is 1.17 bits per heavy atom. The smallest absolute Gasteiger partial charge is 0.330 e. The van der Waals surface area contributed by atoms with E-state index >= 15 is 0 Å².